The molecule has 0 spiro atoms. The van der Waals surface area contributed by atoms with Crippen LogP contribution in [-0.4, -0.2) is 51.5 Å². The van der Waals surface area contributed by atoms with Gasteiger partial charge in [0.1, 0.15) is 0 Å². The van der Waals surface area contributed by atoms with Crippen LogP contribution >= 0.6 is 12.4 Å². The first-order valence-electron chi connectivity index (χ1n) is 7.19. The summed E-state index contributed by atoms with van der Waals surface area (Å²) >= 11 is 0. The third kappa shape index (κ3) is 3.49. The SMILES string of the molecule is Cl.O=C(C1CCCN1)N1CCC(Cn2ccnn2)CC1. The number of hydrogen-bond donors (Lipinski definition) is 1. The number of aromatic nitrogens is 3. The van der Waals surface area contributed by atoms with E-state index in [-0.39, 0.29) is 18.4 Å². The highest BCUT2D eigenvalue weighted by atomic mass is 35.5. The topological polar surface area (TPSA) is 63.1 Å². The number of carbonyl (C=O) groups excluding carboxylic acids is 1. The Morgan fingerprint density at radius 3 is 2.70 bits per heavy atom. The van der Waals surface area contributed by atoms with Crippen molar-refractivity contribution < 1.29 is 4.79 Å². The zero-order chi connectivity index (χ0) is 13.1. The molecule has 0 aliphatic carbocycles. The van der Waals surface area contributed by atoms with Crippen molar-refractivity contribution in [1.29, 1.82) is 0 Å². The molecule has 6 nitrogen and oxygen atoms in total. The molecule has 3 heterocycles. The Balaban J connectivity index is 0.00000147. The van der Waals surface area contributed by atoms with Crippen LogP contribution in [0.2, 0.25) is 0 Å². The Bertz CT molecular complexity index is 410. The number of halogens is 1. The Hall–Kier alpha value is -1.14. The summed E-state index contributed by atoms with van der Waals surface area (Å²) in [5.41, 5.74) is 0. The average Bonchev–Trinajstić information content (AvgIpc) is 3.12. The molecule has 3 rings (SSSR count). The number of nitrogens with zero attached hydrogens (tertiary/aromatic N) is 4. The summed E-state index contributed by atoms with van der Waals surface area (Å²) in [6.07, 6.45) is 7.87. The zero-order valence-electron chi connectivity index (χ0n) is 11.6. The summed E-state index contributed by atoms with van der Waals surface area (Å²) in [4.78, 5) is 14.3. The second kappa shape index (κ2) is 7.04. The molecule has 0 saturated carbocycles. The summed E-state index contributed by atoms with van der Waals surface area (Å²) in [5.74, 6) is 0.916. The van der Waals surface area contributed by atoms with E-state index in [2.05, 4.69) is 15.6 Å². The van der Waals surface area contributed by atoms with Crippen LogP contribution in [0.3, 0.4) is 0 Å². The summed E-state index contributed by atoms with van der Waals surface area (Å²) in [6, 6.07) is 0.0758. The molecule has 0 bridgehead atoms. The van der Waals surface area contributed by atoms with Crippen molar-refractivity contribution in [2.75, 3.05) is 19.6 Å². The first-order valence-corrected chi connectivity index (χ1v) is 7.19. The zero-order valence-corrected chi connectivity index (χ0v) is 12.4. The lowest BCUT2D eigenvalue weighted by Crippen LogP contribution is -2.47. The Kier molecular flexibility index (Phi) is 5.37. The maximum absolute atomic E-state index is 12.3. The highest BCUT2D eigenvalue weighted by molar-refractivity contribution is 5.85. The maximum Gasteiger partial charge on any atom is 0.239 e. The van der Waals surface area contributed by atoms with Gasteiger partial charge in [0.15, 0.2) is 0 Å². The molecule has 20 heavy (non-hydrogen) atoms. The first-order chi connectivity index (χ1) is 9.33. The van der Waals surface area contributed by atoms with E-state index in [1.54, 1.807) is 6.20 Å². The molecular formula is C13H22ClN5O. The van der Waals surface area contributed by atoms with Gasteiger partial charge in [0.05, 0.1) is 12.2 Å². The molecule has 1 aromatic heterocycles. The normalized spacial score (nSPS) is 23.6. The van der Waals surface area contributed by atoms with Crippen LogP contribution in [0.1, 0.15) is 25.7 Å². The highest BCUT2D eigenvalue weighted by Gasteiger charge is 2.29. The second-order valence-corrected chi connectivity index (χ2v) is 5.54. The molecule has 2 aliphatic rings. The van der Waals surface area contributed by atoms with E-state index in [0.29, 0.717) is 11.8 Å². The predicted octanol–water partition coefficient (Wildman–Crippen LogP) is 0.690. The lowest BCUT2D eigenvalue weighted by molar-refractivity contribution is -0.134. The fourth-order valence-corrected chi connectivity index (χ4v) is 3.05. The van der Waals surface area contributed by atoms with Crippen molar-refractivity contribution in [3.63, 3.8) is 0 Å². The van der Waals surface area contributed by atoms with E-state index in [1.807, 2.05) is 15.8 Å². The van der Waals surface area contributed by atoms with Crippen LogP contribution in [0.5, 0.6) is 0 Å². The van der Waals surface area contributed by atoms with E-state index in [0.717, 1.165) is 51.9 Å². The summed E-state index contributed by atoms with van der Waals surface area (Å²) in [5, 5.41) is 11.1. The molecule has 1 N–H and O–H groups in total. The monoisotopic (exact) mass is 299 g/mol. The molecule has 1 amide bonds. The number of carbonyl (C=O) groups is 1. The van der Waals surface area contributed by atoms with Crippen LogP contribution in [0, 0.1) is 5.92 Å². The van der Waals surface area contributed by atoms with Crippen molar-refractivity contribution in [3.8, 4) is 0 Å². The Labute approximate surface area is 125 Å². The molecule has 1 atom stereocenters. The standard InChI is InChI=1S/C13H21N5O.ClH/c19-13(12-2-1-5-14-12)17-7-3-11(4-8-17)10-18-9-6-15-16-18;/h6,9,11-12,14H,1-5,7-8,10H2;1H. The number of hydrogen-bond acceptors (Lipinski definition) is 4. The molecule has 2 fully saturated rings. The lowest BCUT2D eigenvalue weighted by atomic mass is 9.96. The maximum atomic E-state index is 12.3. The van der Waals surface area contributed by atoms with Gasteiger partial charge in [-0.1, -0.05) is 5.21 Å². The van der Waals surface area contributed by atoms with Gasteiger partial charge < -0.3 is 10.2 Å². The van der Waals surface area contributed by atoms with Gasteiger partial charge in [0.25, 0.3) is 0 Å². The van der Waals surface area contributed by atoms with Crippen LogP contribution in [0.15, 0.2) is 12.4 Å². The van der Waals surface area contributed by atoms with Gasteiger partial charge in [0, 0.05) is 25.8 Å². The van der Waals surface area contributed by atoms with E-state index < -0.39 is 0 Å². The van der Waals surface area contributed by atoms with Crippen LogP contribution in [-0.2, 0) is 11.3 Å². The summed E-state index contributed by atoms with van der Waals surface area (Å²) < 4.78 is 1.89. The van der Waals surface area contributed by atoms with E-state index in [1.165, 1.54) is 0 Å². The molecule has 1 aromatic rings. The van der Waals surface area contributed by atoms with Gasteiger partial charge in [0.2, 0.25) is 5.91 Å². The van der Waals surface area contributed by atoms with Crippen molar-refractivity contribution in [2.45, 2.75) is 38.3 Å². The number of amides is 1. The minimum absolute atomic E-state index is 0. The largest absolute Gasteiger partial charge is 0.341 e. The third-order valence-electron chi connectivity index (χ3n) is 4.20. The summed E-state index contributed by atoms with van der Waals surface area (Å²) in [7, 11) is 0. The number of rotatable bonds is 3. The molecule has 0 aromatic carbocycles. The van der Waals surface area contributed by atoms with Crippen molar-refractivity contribution in [2.24, 2.45) is 5.92 Å². The van der Waals surface area contributed by atoms with Crippen molar-refractivity contribution >= 4 is 18.3 Å². The van der Waals surface area contributed by atoms with Crippen molar-refractivity contribution in [1.82, 2.24) is 25.2 Å². The smallest absolute Gasteiger partial charge is 0.239 e. The van der Waals surface area contributed by atoms with E-state index in [4.69, 9.17) is 0 Å². The second-order valence-electron chi connectivity index (χ2n) is 5.54. The third-order valence-corrected chi connectivity index (χ3v) is 4.20. The first kappa shape index (κ1) is 15.3. The molecular weight excluding hydrogens is 278 g/mol. The lowest BCUT2D eigenvalue weighted by Gasteiger charge is -2.33. The van der Waals surface area contributed by atoms with Crippen LogP contribution in [0.25, 0.3) is 0 Å². The van der Waals surface area contributed by atoms with Crippen molar-refractivity contribution in [3.05, 3.63) is 12.4 Å². The predicted molar refractivity (Wildman–Crippen MR) is 77.6 cm³/mol. The molecule has 1 unspecified atom stereocenters. The fraction of sp³-hybridized carbons (Fsp3) is 0.769. The quantitative estimate of drug-likeness (QED) is 0.892. The molecule has 0 radical (unpaired) electrons. The minimum Gasteiger partial charge on any atom is -0.341 e. The van der Waals surface area contributed by atoms with E-state index >= 15 is 0 Å². The van der Waals surface area contributed by atoms with E-state index in [9.17, 15) is 4.79 Å². The van der Waals surface area contributed by atoms with Crippen LogP contribution < -0.4 is 5.32 Å². The molecule has 112 valence electrons. The van der Waals surface area contributed by atoms with Gasteiger partial charge in [-0.15, -0.1) is 17.5 Å². The van der Waals surface area contributed by atoms with Gasteiger partial charge in [-0.25, -0.2) is 0 Å². The number of likely N-dealkylation sites (tertiary alicyclic amines) is 1. The Morgan fingerprint density at radius 1 is 1.30 bits per heavy atom. The molecule has 2 aliphatic heterocycles. The van der Waals surface area contributed by atoms with Crippen LogP contribution in [0.4, 0.5) is 0 Å². The molecule has 2 saturated heterocycles. The van der Waals surface area contributed by atoms with Gasteiger partial charge in [-0.2, -0.15) is 0 Å². The van der Waals surface area contributed by atoms with Gasteiger partial charge in [-0.05, 0) is 38.1 Å². The van der Waals surface area contributed by atoms with Gasteiger partial charge >= 0.3 is 0 Å². The highest BCUT2D eigenvalue weighted by Crippen LogP contribution is 2.20. The van der Waals surface area contributed by atoms with Gasteiger partial charge in [-0.3, -0.25) is 9.48 Å². The molecule has 7 heteroatoms. The summed E-state index contributed by atoms with van der Waals surface area (Å²) in [6.45, 7) is 3.68. The number of nitrogens with one attached hydrogen (secondary N) is 1. The minimum atomic E-state index is 0. The fourth-order valence-electron chi connectivity index (χ4n) is 3.05. The number of piperidine rings is 1. The average molecular weight is 300 g/mol. The Morgan fingerprint density at radius 2 is 2.10 bits per heavy atom.